The van der Waals surface area contributed by atoms with Crippen molar-refractivity contribution in [3.63, 3.8) is 0 Å². The summed E-state index contributed by atoms with van der Waals surface area (Å²) in [5.74, 6) is -1.03. The van der Waals surface area contributed by atoms with E-state index in [0.717, 1.165) is 17.0 Å². The van der Waals surface area contributed by atoms with Gasteiger partial charge < -0.3 is 14.6 Å². The number of aryl methyl sites for hydroxylation is 1. The molecule has 0 radical (unpaired) electrons. The molecule has 0 spiro atoms. The van der Waals surface area contributed by atoms with Gasteiger partial charge in [0.15, 0.2) is 11.8 Å². The van der Waals surface area contributed by atoms with Gasteiger partial charge in [-0.3, -0.25) is 4.79 Å². The van der Waals surface area contributed by atoms with Crippen LogP contribution >= 0.6 is 11.6 Å². The minimum Gasteiger partial charge on any atom is -0.452 e. The number of pyridine rings is 1. The molecule has 0 bridgehead atoms. The summed E-state index contributed by atoms with van der Waals surface area (Å²) >= 11 is 5.90. The van der Waals surface area contributed by atoms with Crippen molar-refractivity contribution in [2.75, 3.05) is 11.9 Å². The number of rotatable bonds is 6. The van der Waals surface area contributed by atoms with Crippen LogP contribution in [-0.4, -0.2) is 28.0 Å². The summed E-state index contributed by atoms with van der Waals surface area (Å²) in [6.45, 7) is 4.05. The van der Waals surface area contributed by atoms with Crippen LogP contribution in [-0.2, 0) is 16.1 Å². The number of hydrogen-bond acceptors (Lipinski definition) is 4. The number of amides is 1. The zero-order chi connectivity index (χ0) is 20.1. The highest BCUT2D eigenvalue weighted by molar-refractivity contribution is 6.32. The summed E-state index contributed by atoms with van der Waals surface area (Å²) in [6.07, 6.45) is 1.52. The largest absolute Gasteiger partial charge is 0.452 e. The first kappa shape index (κ1) is 19.6. The molecule has 0 atom stereocenters. The molecule has 1 aromatic carbocycles. The molecule has 0 aliphatic heterocycles. The van der Waals surface area contributed by atoms with Crippen molar-refractivity contribution in [3.05, 3.63) is 82.4 Å². The Balaban J connectivity index is 1.64. The van der Waals surface area contributed by atoms with Crippen LogP contribution in [0.25, 0.3) is 0 Å². The van der Waals surface area contributed by atoms with Crippen molar-refractivity contribution in [2.24, 2.45) is 0 Å². The van der Waals surface area contributed by atoms with E-state index in [1.807, 2.05) is 48.7 Å². The van der Waals surface area contributed by atoms with Crippen molar-refractivity contribution < 1.29 is 14.3 Å². The molecular weight excluding hydrogens is 378 g/mol. The highest BCUT2D eigenvalue weighted by Crippen LogP contribution is 2.19. The van der Waals surface area contributed by atoms with E-state index < -0.39 is 18.5 Å². The zero-order valence-corrected chi connectivity index (χ0v) is 16.4. The highest BCUT2D eigenvalue weighted by atomic mass is 35.5. The van der Waals surface area contributed by atoms with Gasteiger partial charge in [0.2, 0.25) is 0 Å². The second-order valence-corrected chi connectivity index (χ2v) is 6.68. The third kappa shape index (κ3) is 4.58. The molecule has 0 fully saturated rings. The Kier molecular flexibility index (Phi) is 6.11. The molecule has 0 aliphatic rings. The Bertz CT molecular complexity index is 999. The van der Waals surface area contributed by atoms with Crippen LogP contribution in [0.5, 0.6) is 0 Å². The first-order chi connectivity index (χ1) is 13.5. The number of carbonyl (C=O) groups excluding carboxylic acids is 2. The fraction of sp³-hybridized carbons (Fsp3) is 0.190. The minimum absolute atomic E-state index is 0.173. The zero-order valence-electron chi connectivity index (χ0n) is 15.6. The van der Waals surface area contributed by atoms with Crippen molar-refractivity contribution in [1.82, 2.24) is 9.55 Å². The van der Waals surface area contributed by atoms with E-state index in [4.69, 9.17) is 16.3 Å². The average molecular weight is 398 g/mol. The lowest BCUT2D eigenvalue weighted by Gasteiger charge is -2.10. The molecule has 3 rings (SSSR count). The molecule has 144 valence electrons. The Morgan fingerprint density at radius 3 is 2.61 bits per heavy atom. The fourth-order valence-corrected chi connectivity index (χ4v) is 3.06. The number of anilines is 1. The summed E-state index contributed by atoms with van der Waals surface area (Å²) in [5.41, 5.74) is 3.69. The van der Waals surface area contributed by atoms with Crippen LogP contribution in [0.4, 0.5) is 5.69 Å². The van der Waals surface area contributed by atoms with Gasteiger partial charge in [-0.2, -0.15) is 0 Å². The summed E-state index contributed by atoms with van der Waals surface area (Å²) in [4.78, 5) is 28.3. The Hall–Kier alpha value is -3.12. The molecule has 0 saturated carbocycles. The van der Waals surface area contributed by atoms with Crippen LogP contribution in [0.3, 0.4) is 0 Å². The Labute approximate surface area is 168 Å². The molecule has 0 aliphatic carbocycles. The number of nitrogens with zero attached hydrogens (tertiary/aromatic N) is 2. The Morgan fingerprint density at radius 2 is 1.89 bits per heavy atom. The van der Waals surface area contributed by atoms with E-state index in [1.54, 1.807) is 18.2 Å². The maximum Gasteiger partial charge on any atom is 0.340 e. The molecule has 1 amide bonds. The second kappa shape index (κ2) is 8.71. The number of aromatic nitrogens is 2. The van der Waals surface area contributed by atoms with Crippen LogP contribution < -0.4 is 5.32 Å². The topological polar surface area (TPSA) is 73.2 Å². The van der Waals surface area contributed by atoms with Crippen LogP contribution in [0.2, 0.25) is 5.15 Å². The van der Waals surface area contributed by atoms with Gasteiger partial charge in [-0.05, 0) is 37.6 Å². The third-order valence-electron chi connectivity index (χ3n) is 4.34. The number of esters is 1. The maximum absolute atomic E-state index is 12.5. The van der Waals surface area contributed by atoms with Gasteiger partial charge in [0.1, 0.15) is 0 Å². The van der Waals surface area contributed by atoms with Crippen LogP contribution in [0.15, 0.2) is 54.7 Å². The molecular formula is C21H20ClN3O3. The SMILES string of the molecule is Cc1cc(C(=O)OCC(=O)Nc2cccnc2Cl)c(C)n1Cc1ccccc1. The third-order valence-corrected chi connectivity index (χ3v) is 4.65. The molecule has 3 aromatic rings. The van der Waals surface area contributed by atoms with E-state index in [9.17, 15) is 9.59 Å². The molecule has 2 heterocycles. The van der Waals surface area contributed by atoms with E-state index in [2.05, 4.69) is 10.3 Å². The number of hydrogen-bond donors (Lipinski definition) is 1. The van der Waals surface area contributed by atoms with Gasteiger partial charge in [0.05, 0.1) is 11.3 Å². The van der Waals surface area contributed by atoms with Gasteiger partial charge in [-0.1, -0.05) is 41.9 Å². The predicted molar refractivity (Wildman–Crippen MR) is 108 cm³/mol. The lowest BCUT2D eigenvalue weighted by Crippen LogP contribution is -2.21. The van der Waals surface area contributed by atoms with Crippen molar-refractivity contribution in [2.45, 2.75) is 20.4 Å². The lowest BCUT2D eigenvalue weighted by molar-refractivity contribution is -0.119. The van der Waals surface area contributed by atoms with E-state index in [-0.39, 0.29) is 5.15 Å². The standard InChI is InChI=1S/C21H20ClN3O3/c1-14-11-17(15(2)25(14)12-16-7-4-3-5-8-16)21(27)28-13-19(26)24-18-9-6-10-23-20(18)22/h3-11H,12-13H2,1-2H3,(H,24,26). The van der Waals surface area contributed by atoms with Gasteiger partial charge >= 0.3 is 5.97 Å². The number of carbonyl (C=O) groups is 2. The number of nitrogens with one attached hydrogen (secondary N) is 1. The summed E-state index contributed by atoms with van der Waals surface area (Å²) in [6, 6.07) is 15.0. The van der Waals surface area contributed by atoms with E-state index in [1.165, 1.54) is 6.20 Å². The smallest absolute Gasteiger partial charge is 0.340 e. The van der Waals surface area contributed by atoms with Crippen molar-refractivity contribution in [1.29, 1.82) is 0 Å². The van der Waals surface area contributed by atoms with Crippen LogP contribution in [0, 0.1) is 13.8 Å². The minimum atomic E-state index is -0.542. The predicted octanol–water partition coefficient (Wildman–Crippen LogP) is 4.00. The second-order valence-electron chi connectivity index (χ2n) is 6.32. The fourth-order valence-electron chi connectivity index (χ4n) is 2.89. The van der Waals surface area contributed by atoms with E-state index >= 15 is 0 Å². The molecule has 28 heavy (non-hydrogen) atoms. The highest BCUT2D eigenvalue weighted by Gasteiger charge is 2.18. The monoisotopic (exact) mass is 397 g/mol. The molecule has 0 unspecified atom stereocenters. The Morgan fingerprint density at radius 1 is 1.14 bits per heavy atom. The first-order valence-electron chi connectivity index (χ1n) is 8.74. The van der Waals surface area contributed by atoms with Crippen LogP contribution in [0.1, 0.15) is 27.3 Å². The average Bonchev–Trinajstić information content (AvgIpc) is 2.97. The molecule has 0 saturated heterocycles. The lowest BCUT2D eigenvalue weighted by atomic mass is 10.2. The quantitative estimate of drug-likeness (QED) is 0.504. The molecule has 7 heteroatoms. The first-order valence-corrected chi connectivity index (χ1v) is 9.11. The van der Waals surface area contributed by atoms with Crippen molar-refractivity contribution in [3.8, 4) is 0 Å². The van der Waals surface area contributed by atoms with Gasteiger partial charge in [-0.15, -0.1) is 0 Å². The normalized spacial score (nSPS) is 10.5. The number of halogens is 1. The van der Waals surface area contributed by atoms with Gasteiger partial charge in [-0.25, -0.2) is 9.78 Å². The maximum atomic E-state index is 12.5. The summed E-state index contributed by atoms with van der Waals surface area (Å²) in [7, 11) is 0. The molecule has 1 N–H and O–H groups in total. The molecule has 2 aromatic heterocycles. The summed E-state index contributed by atoms with van der Waals surface area (Å²) in [5, 5.41) is 2.74. The molecule has 6 nitrogen and oxygen atoms in total. The summed E-state index contributed by atoms with van der Waals surface area (Å²) < 4.78 is 7.22. The van der Waals surface area contributed by atoms with Gasteiger partial charge in [0.25, 0.3) is 5.91 Å². The van der Waals surface area contributed by atoms with Crippen molar-refractivity contribution >= 4 is 29.2 Å². The number of benzene rings is 1. The number of ether oxygens (including phenoxy) is 1. The van der Waals surface area contributed by atoms with Gasteiger partial charge in [0, 0.05) is 24.1 Å². The van der Waals surface area contributed by atoms with E-state index in [0.29, 0.717) is 17.8 Å².